The van der Waals surface area contributed by atoms with Crippen molar-refractivity contribution in [3.8, 4) is 17.2 Å². The van der Waals surface area contributed by atoms with Crippen LogP contribution in [0.2, 0.25) is 0 Å². The van der Waals surface area contributed by atoms with Gasteiger partial charge in [0.05, 0.1) is 12.7 Å². The molecule has 0 radical (unpaired) electrons. The molecule has 0 fully saturated rings. The molecule has 6 nitrogen and oxygen atoms in total. The van der Waals surface area contributed by atoms with Crippen LogP contribution in [0.4, 0.5) is 5.69 Å². The molecule has 0 aliphatic heterocycles. The van der Waals surface area contributed by atoms with E-state index in [1.807, 2.05) is 6.92 Å². The smallest absolute Gasteiger partial charge is 0.260 e. The Morgan fingerprint density at radius 3 is 2.79 bits per heavy atom. The number of aromatic nitrogens is 2. The molecule has 2 N–H and O–H groups in total. The van der Waals surface area contributed by atoms with E-state index in [1.165, 1.54) is 0 Å². The fraction of sp³-hybridized carbons (Fsp3) is 0.385. The van der Waals surface area contributed by atoms with Crippen molar-refractivity contribution in [1.29, 1.82) is 0 Å². The topological polar surface area (TPSA) is 83.4 Å². The van der Waals surface area contributed by atoms with E-state index in [2.05, 4.69) is 10.1 Å². The van der Waals surface area contributed by atoms with Gasteiger partial charge in [-0.25, -0.2) is 0 Å². The van der Waals surface area contributed by atoms with Crippen LogP contribution in [0.5, 0.6) is 5.75 Å². The largest absolute Gasteiger partial charge is 0.497 e. The molecule has 2 rings (SSSR count). The summed E-state index contributed by atoms with van der Waals surface area (Å²) in [6.07, 6.45) is 0.590. The maximum atomic E-state index is 5.91. The predicted octanol–water partition coefficient (Wildman–Crippen LogP) is 2.42. The van der Waals surface area contributed by atoms with Crippen molar-refractivity contribution >= 4 is 5.69 Å². The fourth-order valence-corrected chi connectivity index (χ4v) is 1.78. The SMILES string of the molecule is CCC(OC)c1noc(-c2cc(OC)ccc2N)n1. The Morgan fingerprint density at radius 1 is 1.37 bits per heavy atom. The monoisotopic (exact) mass is 263 g/mol. The van der Waals surface area contributed by atoms with Gasteiger partial charge in [0.1, 0.15) is 11.9 Å². The highest BCUT2D eigenvalue weighted by Gasteiger charge is 2.18. The molecule has 1 heterocycles. The third-order valence-electron chi connectivity index (χ3n) is 2.88. The van der Waals surface area contributed by atoms with Gasteiger partial charge >= 0.3 is 0 Å². The lowest BCUT2D eigenvalue weighted by atomic mass is 10.1. The summed E-state index contributed by atoms with van der Waals surface area (Å²) in [7, 11) is 3.21. The number of nitrogens with zero attached hydrogens (tertiary/aromatic N) is 2. The molecule has 1 atom stereocenters. The molecule has 1 unspecified atom stereocenters. The Morgan fingerprint density at radius 2 is 2.16 bits per heavy atom. The number of ether oxygens (including phenoxy) is 2. The van der Waals surface area contributed by atoms with Crippen LogP contribution >= 0.6 is 0 Å². The highest BCUT2D eigenvalue weighted by molar-refractivity contribution is 5.72. The number of nitrogen functional groups attached to an aromatic ring is 1. The van der Waals surface area contributed by atoms with Gasteiger partial charge < -0.3 is 19.7 Å². The van der Waals surface area contributed by atoms with Crippen molar-refractivity contribution in [1.82, 2.24) is 10.1 Å². The molecule has 1 aromatic carbocycles. The molecular weight excluding hydrogens is 246 g/mol. The highest BCUT2D eigenvalue weighted by atomic mass is 16.5. The van der Waals surface area contributed by atoms with Crippen molar-refractivity contribution in [3.05, 3.63) is 24.0 Å². The minimum Gasteiger partial charge on any atom is -0.497 e. The standard InChI is InChI=1S/C13H17N3O3/c1-4-11(18-3)12-15-13(19-16-12)9-7-8(17-2)5-6-10(9)14/h5-7,11H,4,14H2,1-3H3. The second-order valence-corrected chi connectivity index (χ2v) is 4.04. The summed E-state index contributed by atoms with van der Waals surface area (Å²) in [4.78, 5) is 4.32. The number of benzene rings is 1. The van der Waals surface area contributed by atoms with Crippen molar-refractivity contribution in [3.63, 3.8) is 0 Å². The molecule has 0 bridgehead atoms. The Kier molecular flexibility index (Phi) is 4.01. The first kappa shape index (κ1) is 13.4. The molecule has 1 aromatic heterocycles. The first-order chi connectivity index (χ1) is 9.19. The van der Waals surface area contributed by atoms with Crippen LogP contribution in [0, 0.1) is 0 Å². The Bertz CT molecular complexity index is 550. The zero-order valence-corrected chi connectivity index (χ0v) is 11.2. The Balaban J connectivity index is 2.37. The van der Waals surface area contributed by atoms with Gasteiger partial charge in [-0.2, -0.15) is 4.98 Å². The van der Waals surface area contributed by atoms with Gasteiger partial charge in [0.25, 0.3) is 5.89 Å². The molecule has 0 saturated heterocycles. The second kappa shape index (κ2) is 5.71. The van der Waals surface area contributed by atoms with Crippen LogP contribution in [0.15, 0.2) is 22.7 Å². The van der Waals surface area contributed by atoms with Crippen LogP contribution < -0.4 is 10.5 Å². The van der Waals surface area contributed by atoms with Gasteiger partial charge in [0.2, 0.25) is 5.82 Å². The van der Waals surface area contributed by atoms with E-state index < -0.39 is 0 Å². The summed E-state index contributed by atoms with van der Waals surface area (Å²) in [6, 6.07) is 5.28. The van der Waals surface area contributed by atoms with Gasteiger partial charge in [-0.15, -0.1) is 0 Å². The van der Waals surface area contributed by atoms with Crippen molar-refractivity contribution < 1.29 is 14.0 Å². The van der Waals surface area contributed by atoms with Crippen LogP contribution in [-0.4, -0.2) is 24.4 Å². The van der Waals surface area contributed by atoms with E-state index in [0.717, 1.165) is 6.42 Å². The van der Waals surface area contributed by atoms with Gasteiger partial charge in [0, 0.05) is 12.8 Å². The van der Waals surface area contributed by atoms with Gasteiger partial charge in [-0.3, -0.25) is 0 Å². The van der Waals surface area contributed by atoms with E-state index in [9.17, 15) is 0 Å². The van der Waals surface area contributed by atoms with Gasteiger partial charge in [-0.1, -0.05) is 12.1 Å². The van der Waals surface area contributed by atoms with E-state index in [-0.39, 0.29) is 6.10 Å². The maximum Gasteiger partial charge on any atom is 0.260 e. The normalized spacial score (nSPS) is 12.4. The Hall–Kier alpha value is -2.08. The van der Waals surface area contributed by atoms with E-state index in [0.29, 0.717) is 28.7 Å². The number of methoxy groups -OCH3 is 2. The molecule has 19 heavy (non-hydrogen) atoms. The van der Waals surface area contributed by atoms with Crippen molar-refractivity contribution in [2.24, 2.45) is 0 Å². The molecule has 6 heteroatoms. The lowest BCUT2D eigenvalue weighted by Crippen LogP contribution is -2.01. The first-order valence-corrected chi connectivity index (χ1v) is 5.99. The van der Waals surface area contributed by atoms with Crippen LogP contribution in [0.1, 0.15) is 25.3 Å². The third-order valence-corrected chi connectivity index (χ3v) is 2.88. The van der Waals surface area contributed by atoms with E-state index in [4.69, 9.17) is 19.7 Å². The second-order valence-electron chi connectivity index (χ2n) is 4.04. The van der Waals surface area contributed by atoms with Crippen molar-refractivity contribution in [2.75, 3.05) is 20.0 Å². The van der Waals surface area contributed by atoms with Crippen LogP contribution in [0.25, 0.3) is 11.5 Å². The lowest BCUT2D eigenvalue weighted by molar-refractivity contribution is 0.0903. The van der Waals surface area contributed by atoms with Crippen molar-refractivity contribution in [2.45, 2.75) is 19.4 Å². The number of rotatable bonds is 5. The molecule has 0 spiro atoms. The third kappa shape index (κ3) is 2.68. The summed E-state index contributed by atoms with van der Waals surface area (Å²) in [5, 5.41) is 3.92. The lowest BCUT2D eigenvalue weighted by Gasteiger charge is -2.06. The summed E-state index contributed by atoms with van der Waals surface area (Å²) in [5.74, 6) is 1.56. The zero-order valence-electron chi connectivity index (χ0n) is 11.2. The molecular formula is C13H17N3O3. The molecule has 0 amide bonds. The average Bonchev–Trinajstić information content (AvgIpc) is 2.90. The van der Waals surface area contributed by atoms with Gasteiger partial charge in [-0.05, 0) is 24.6 Å². The quantitative estimate of drug-likeness (QED) is 0.834. The highest BCUT2D eigenvalue weighted by Crippen LogP contribution is 2.29. The maximum absolute atomic E-state index is 5.91. The average molecular weight is 263 g/mol. The first-order valence-electron chi connectivity index (χ1n) is 5.99. The molecule has 0 aliphatic carbocycles. The summed E-state index contributed by atoms with van der Waals surface area (Å²) in [6.45, 7) is 1.99. The zero-order chi connectivity index (χ0) is 13.8. The molecule has 0 saturated carbocycles. The van der Waals surface area contributed by atoms with E-state index in [1.54, 1.807) is 32.4 Å². The summed E-state index contributed by atoms with van der Waals surface area (Å²) in [5.41, 5.74) is 7.13. The van der Waals surface area contributed by atoms with E-state index >= 15 is 0 Å². The van der Waals surface area contributed by atoms with Crippen LogP contribution in [-0.2, 0) is 4.74 Å². The van der Waals surface area contributed by atoms with Crippen LogP contribution in [0.3, 0.4) is 0 Å². The predicted molar refractivity (Wildman–Crippen MR) is 70.7 cm³/mol. The Labute approximate surface area is 111 Å². The molecule has 2 aromatic rings. The number of hydrogen-bond donors (Lipinski definition) is 1. The minimum absolute atomic E-state index is 0.177. The van der Waals surface area contributed by atoms with Gasteiger partial charge in [0.15, 0.2) is 0 Å². The number of anilines is 1. The molecule has 0 aliphatic rings. The fourth-order valence-electron chi connectivity index (χ4n) is 1.78. The number of nitrogens with two attached hydrogens (primary N) is 1. The molecule has 102 valence electrons. The summed E-state index contributed by atoms with van der Waals surface area (Å²) >= 11 is 0. The summed E-state index contributed by atoms with van der Waals surface area (Å²) < 4.78 is 15.7. The number of hydrogen-bond acceptors (Lipinski definition) is 6. The minimum atomic E-state index is -0.177.